The predicted molar refractivity (Wildman–Crippen MR) is 68.8 cm³/mol. The van der Waals surface area contributed by atoms with E-state index in [4.69, 9.17) is 10.1 Å². The van der Waals surface area contributed by atoms with E-state index in [9.17, 15) is 8.78 Å². The van der Waals surface area contributed by atoms with Crippen LogP contribution in [0.15, 0.2) is 47.6 Å². The first-order valence-corrected chi connectivity index (χ1v) is 5.71. The molecule has 0 heterocycles. The van der Waals surface area contributed by atoms with Crippen LogP contribution in [-0.2, 0) is 11.4 Å². The van der Waals surface area contributed by atoms with Gasteiger partial charge in [-0.2, -0.15) is 5.26 Å². The Balaban J connectivity index is 1.91. The zero-order valence-electron chi connectivity index (χ0n) is 10.3. The molecule has 20 heavy (non-hydrogen) atoms. The standard InChI is InChI=1S/C15H9F2N2O/c16-14-6-5-13(15(17)7-14)10-20-19-9-12-3-1-11(8-18)2-4-12/h1-7H,10H2. The topological polar surface area (TPSA) is 45.4 Å². The van der Waals surface area contributed by atoms with E-state index >= 15 is 0 Å². The van der Waals surface area contributed by atoms with Crippen molar-refractivity contribution in [2.45, 2.75) is 6.61 Å². The molecule has 0 saturated carbocycles. The summed E-state index contributed by atoms with van der Waals surface area (Å²) < 4.78 is 26.0. The van der Waals surface area contributed by atoms with E-state index in [-0.39, 0.29) is 12.2 Å². The Morgan fingerprint density at radius 2 is 1.75 bits per heavy atom. The lowest BCUT2D eigenvalue weighted by molar-refractivity contribution is 0.129. The van der Waals surface area contributed by atoms with Crippen molar-refractivity contribution in [1.29, 1.82) is 5.26 Å². The highest BCUT2D eigenvalue weighted by Crippen LogP contribution is 2.10. The van der Waals surface area contributed by atoms with Gasteiger partial charge in [0.2, 0.25) is 0 Å². The summed E-state index contributed by atoms with van der Waals surface area (Å²) >= 11 is 0. The number of nitrogens with zero attached hydrogens (tertiary/aromatic N) is 2. The fourth-order valence-electron chi connectivity index (χ4n) is 1.44. The third-order valence-corrected chi connectivity index (χ3v) is 2.49. The van der Waals surface area contributed by atoms with E-state index in [1.807, 2.05) is 6.07 Å². The molecule has 0 unspecified atom stereocenters. The van der Waals surface area contributed by atoms with Gasteiger partial charge in [0.25, 0.3) is 0 Å². The second kappa shape index (κ2) is 6.43. The van der Waals surface area contributed by atoms with Gasteiger partial charge in [-0.15, -0.1) is 0 Å². The molecule has 0 N–H and O–H groups in total. The van der Waals surface area contributed by atoms with E-state index in [2.05, 4.69) is 11.4 Å². The smallest absolute Gasteiger partial charge is 0.145 e. The molecule has 0 aromatic heterocycles. The van der Waals surface area contributed by atoms with Crippen LogP contribution in [0.3, 0.4) is 0 Å². The minimum atomic E-state index is -0.682. The Hall–Kier alpha value is -2.74. The van der Waals surface area contributed by atoms with Crippen LogP contribution < -0.4 is 0 Å². The number of halogens is 2. The molecule has 0 fully saturated rings. The summed E-state index contributed by atoms with van der Waals surface area (Å²) in [4.78, 5) is 4.89. The van der Waals surface area contributed by atoms with Crippen molar-refractivity contribution in [1.82, 2.24) is 0 Å². The molecular formula is C15H9F2N2O. The number of nitriles is 1. The number of rotatable bonds is 4. The van der Waals surface area contributed by atoms with Gasteiger partial charge in [0.05, 0.1) is 11.6 Å². The van der Waals surface area contributed by atoms with Gasteiger partial charge in [0.15, 0.2) is 0 Å². The molecule has 99 valence electrons. The monoisotopic (exact) mass is 271 g/mol. The summed E-state index contributed by atoms with van der Waals surface area (Å²) in [6.07, 6.45) is 2.59. The van der Waals surface area contributed by atoms with Crippen LogP contribution in [0.2, 0.25) is 0 Å². The minimum absolute atomic E-state index is 0.116. The van der Waals surface area contributed by atoms with Crippen LogP contribution in [0.4, 0.5) is 8.78 Å². The number of benzene rings is 2. The first-order valence-electron chi connectivity index (χ1n) is 5.71. The molecule has 2 aromatic rings. The first kappa shape index (κ1) is 13.7. The van der Waals surface area contributed by atoms with Gasteiger partial charge >= 0.3 is 0 Å². The quantitative estimate of drug-likeness (QED) is 0.633. The molecule has 0 saturated heterocycles. The second-order valence-electron chi connectivity index (χ2n) is 3.90. The fraction of sp³-hybridized carbons (Fsp3) is 0.0667. The Morgan fingerprint density at radius 1 is 1.05 bits per heavy atom. The van der Waals surface area contributed by atoms with E-state index < -0.39 is 11.6 Å². The highest BCUT2D eigenvalue weighted by molar-refractivity contribution is 5.79. The van der Waals surface area contributed by atoms with Gasteiger partial charge in [-0.25, -0.2) is 8.78 Å². The maximum absolute atomic E-state index is 13.3. The molecule has 2 aromatic carbocycles. The normalized spacial score (nSPS) is 10.4. The van der Waals surface area contributed by atoms with Crippen LogP contribution in [0.5, 0.6) is 0 Å². The summed E-state index contributed by atoms with van der Waals surface area (Å²) in [5.74, 6) is -1.32. The lowest BCUT2D eigenvalue weighted by Gasteiger charge is -2.01. The van der Waals surface area contributed by atoms with E-state index in [1.165, 1.54) is 6.07 Å². The number of hydrogen-bond acceptors (Lipinski definition) is 3. The lowest BCUT2D eigenvalue weighted by atomic mass is 10.2. The zero-order chi connectivity index (χ0) is 14.4. The van der Waals surface area contributed by atoms with Crippen LogP contribution in [0, 0.1) is 23.0 Å². The van der Waals surface area contributed by atoms with Crippen LogP contribution in [-0.4, -0.2) is 6.21 Å². The molecule has 0 aliphatic carbocycles. The first-order chi connectivity index (χ1) is 9.69. The van der Waals surface area contributed by atoms with Crippen molar-refractivity contribution in [3.63, 3.8) is 0 Å². The fourth-order valence-corrected chi connectivity index (χ4v) is 1.44. The molecule has 0 spiro atoms. The molecule has 0 amide bonds. The maximum atomic E-state index is 13.3. The van der Waals surface area contributed by atoms with Crippen molar-refractivity contribution in [3.05, 3.63) is 70.8 Å². The zero-order valence-corrected chi connectivity index (χ0v) is 10.3. The summed E-state index contributed by atoms with van der Waals surface area (Å²) in [7, 11) is 0. The van der Waals surface area contributed by atoms with Crippen LogP contribution >= 0.6 is 0 Å². The highest BCUT2D eigenvalue weighted by atomic mass is 19.1. The summed E-state index contributed by atoms with van der Waals surface area (Å²) in [5, 5.41) is 12.2. The average molecular weight is 271 g/mol. The molecule has 0 aliphatic heterocycles. The van der Waals surface area contributed by atoms with Crippen molar-refractivity contribution in [2.24, 2.45) is 5.16 Å². The Bertz CT molecular complexity index is 661. The van der Waals surface area contributed by atoms with E-state index in [0.29, 0.717) is 11.1 Å². The molecule has 2 rings (SSSR count). The van der Waals surface area contributed by atoms with Crippen LogP contribution in [0.25, 0.3) is 0 Å². The van der Waals surface area contributed by atoms with Gasteiger partial charge in [0, 0.05) is 17.2 Å². The van der Waals surface area contributed by atoms with Crippen LogP contribution in [0.1, 0.15) is 16.7 Å². The molecular weight excluding hydrogens is 262 g/mol. The lowest BCUT2D eigenvalue weighted by Crippen LogP contribution is -1.93. The molecule has 0 atom stereocenters. The SMILES string of the molecule is N#Cc1ccc(/[C]=N\OCc2ccc(F)cc2F)cc1. The third kappa shape index (κ3) is 3.62. The summed E-state index contributed by atoms with van der Waals surface area (Å²) in [6, 6.07) is 11.8. The van der Waals surface area contributed by atoms with Gasteiger partial charge < -0.3 is 4.84 Å². The van der Waals surface area contributed by atoms with Crippen molar-refractivity contribution in [3.8, 4) is 6.07 Å². The van der Waals surface area contributed by atoms with Gasteiger partial charge in [0.1, 0.15) is 24.5 Å². The van der Waals surface area contributed by atoms with Crippen molar-refractivity contribution < 1.29 is 13.6 Å². The molecule has 3 nitrogen and oxygen atoms in total. The van der Waals surface area contributed by atoms with E-state index in [1.54, 1.807) is 24.3 Å². The highest BCUT2D eigenvalue weighted by Gasteiger charge is 2.03. The maximum Gasteiger partial charge on any atom is 0.145 e. The predicted octanol–water partition coefficient (Wildman–Crippen LogP) is 3.26. The number of hydrogen-bond donors (Lipinski definition) is 0. The average Bonchev–Trinajstić information content (AvgIpc) is 2.46. The second-order valence-corrected chi connectivity index (χ2v) is 3.90. The Morgan fingerprint density at radius 3 is 2.40 bits per heavy atom. The minimum Gasteiger partial charge on any atom is -0.390 e. The molecule has 0 bridgehead atoms. The van der Waals surface area contributed by atoms with Gasteiger partial charge in [-0.05, 0) is 24.3 Å². The van der Waals surface area contributed by atoms with E-state index in [0.717, 1.165) is 12.1 Å². The Labute approximate surface area is 114 Å². The van der Waals surface area contributed by atoms with Crippen molar-refractivity contribution >= 4 is 6.21 Å². The molecule has 1 radical (unpaired) electrons. The van der Waals surface area contributed by atoms with Gasteiger partial charge in [-0.3, -0.25) is 0 Å². The largest absolute Gasteiger partial charge is 0.390 e. The summed E-state index contributed by atoms with van der Waals surface area (Å²) in [6.45, 7) is -0.116. The summed E-state index contributed by atoms with van der Waals surface area (Å²) in [5.41, 5.74) is 1.37. The third-order valence-electron chi connectivity index (χ3n) is 2.49. The Kier molecular flexibility index (Phi) is 4.40. The molecule has 5 heteroatoms. The van der Waals surface area contributed by atoms with Gasteiger partial charge in [-0.1, -0.05) is 17.3 Å². The van der Waals surface area contributed by atoms with Crippen molar-refractivity contribution in [2.75, 3.05) is 0 Å². The molecule has 0 aliphatic rings.